The van der Waals surface area contributed by atoms with Gasteiger partial charge >= 0.3 is 0 Å². The van der Waals surface area contributed by atoms with Gasteiger partial charge in [-0.2, -0.15) is 0 Å². The maximum Gasteiger partial charge on any atom is 0.145 e. The third kappa shape index (κ3) is 5.19. The summed E-state index contributed by atoms with van der Waals surface area (Å²) in [6.45, 7) is 0. The minimum atomic E-state index is 0.910. The molecule has 0 bridgehead atoms. The first-order chi connectivity index (χ1) is 28.7. The number of benzene rings is 9. The van der Waals surface area contributed by atoms with Gasteiger partial charge in [0.2, 0.25) is 0 Å². The molecule has 3 heterocycles. The van der Waals surface area contributed by atoms with Gasteiger partial charge in [0.25, 0.3) is 0 Å². The van der Waals surface area contributed by atoms with Gasteiger partial charge < -0.3 is 13.9 Å². The lowest BCUT2D eigenvalue weighted by Gasteiger charge is -2.26. The van der Waals surface area contributed by atoms with E-state index in [0.717, 1.165) is 61.1 Å². The van der Waals surface area contributed by atoms with Crippen LogP contribution in [0.3, 0.4) is 0 Å². The van der Waals surface area contributed by atoms with Crippen molar-refractivity contribution in [2.24, 2.45) is 0 Å². The number of anilines is 3. The molecule has 3 nitrogen and oxygen atoms in total. The van der Waals surface area contributed by atoms with E-state index in [1.807, 2.05) is 17.4 Å². The molecule has 0 aliphatic heterocycles. The highest BCUT2D eigenvalue weighted by atomic mass is 32.1. The van der Waals surface area contributed by atoms with Gasteiger partial charge in [0.1, 0.15) is 11.2 Å². The van der Waals surface area contributed by atoms with E-state index >= 15 is 0 Å². The molecule has 0 aliphatic carbocycles. The van der Waals surface area contributed by atoms with Crippen LogP contribution in [0.2, 0.25) is 0 Å². The Labute approximate surface area is 338 Å². The summed E-state index contributed by atoms with van der Waals surface area (Å²) in [5, 5.41) is 7.23. The van der Waals surface area contributed by atoms with Crippen molar-refractivity contribution in [3.8, 4) is 27.9 Å². The number of aromatic nitrogens is 1. The Kier molecular flexibility index (Phi) is 7.40. The van der Waals surface area contributed by atoms with E-state index in [1.165, 1.54) is 47.8 Å². The molecule has 0 saturated heterocycles. The SMILES string of the molecule is c1ccc(-c2ccc(N(c3ccc(-c4ccc5sc6ccccc6c5c4)cc3)c3ccc(-n4c5ccccc5c5c6oc7ccccc7c6ccc54)cc3)cc2)cc1. The molecular weight excluding hydrogens is 725 g/mol. The van der Waals surface area contributed by atoms with Crippen molar-refractivity contribution in [1.29, 1.82) is 0 Å². The number of rotatable bonds is 6. The number of para-hydroxylation sites is 2. The van der Waals surface area contributed by atoms with E-state index in [4.69, 9.17) is 4.42 Å². The van der Waals surface area contributed by atoms with Crippen molar-refractivity contribution in [3.05, 3.63) is 206 Å². The van der Waals surface area contributed by atoms with Gasteiger partial charge in [-0.15, -0.1) is 11.3 Å². The van der Waals surface area contributed by atoms with E-state index in [0.29, 0.717) is 0 Å². The summed E-state index contributed by atoms with van der Waals surface area (Å²) in [5.74, 6) is 0. The monoisotopic (exact) mass is 758 g/mol. The summed E-state index contributed by atoms with van der Waals surface area (Å²) in [6.07, 6.45) is 0. The number of furan rings is 1. The zero-order valence-electron chi connectivity index (χ0n) is 31.3. The second kappa shape index (κ2) is 13.1. The van der Waals surface area contributed by atoms with Crippen molar-refractivity contribution < 1.29 is 4.42 Å². The molecular formula is C54H34N2OS. The molecule has 12 aromatic rings. The Morgan fingerprint density at radius 1 is 0.379 bits per heavy atom. The summed E-state index contributed by atoms with van der Waals surface area (Å²) >= 11 is 1.86. The highest BCUT2D eigenvalue weighted by Crippen LogP contribution is 2.42. The lowest BCUT2D eigenvalue weighted by atomic mass is 10.0. The highest BCUT2D eigenvalue weighted by Gasteiger charge is 2.20. The largest absolute Gasteiger partial charge is 0.455 e. The highest BCUT2D eigenvalue weighted by molar-refractivity contribution is 7.25. The molecule has 3 aromatic heterocycles. The average molecular weight is 759 g/mol. The standard InChI is InChI=1S/C54H34N2OS/c1-2-10-35(11-3-1)36-18-23-39(24-19-36)55(40-25-20-37(21-26-40)38-22-33-52-47(34-38)44-13-6-9-17-51(44)58-52)41-27-29-42(30-28-41)56-48-15-7-4-14-46(48)53-49(56)32-31-45-43-12-5-8-16-50(43)57-54(45)53/h1-34H. The van der Waals surface area contributed by atoms with Crippen LogP contribution >= 0.6 is 11.3 Å². The fraction of sp³-hybridized carbons (Fsp3) is 0. The van der Waals surface area contributed by atoms with Crippen LogP contribution in [0.5, 0.6) is 0 Å². The van der Waals surface area contributed by atoms with Crippen LogP contribution in [-0.4, -0.2) is 4.57 Å². The van der Waals surface area contributed by atoms with Crippen LogP contribution in [-0.2, 0) is 0 Å². The number of nitrogens with zero attached hydrogens (tertiary/aromatic N) is 2. The van der Waals surface area contributed by atoms with Gasteiger partial charge in [-0.1, -0.05) is 115 Å². The van der Waals surface area contributed by atoms with Crippen LogP contribution in [0.1, 0.15) is 0 Å². The average Bonchev–Trinajstić information content (AvgIpc) is 3.97. The maximum atomic E-state index is 6.56. The summed E-state index contributed by atoms with van der Waals surface area (Å²) in [4.78, 5) is 2.35. The minimum absolute atomic E-state index is 0.910. The predicted molar refractivity (Wildman–Crippen MR) is 247 cm³/mol. The smallest absolute Gasteiger partial charge is 0.145 e. The van der Waals surface area contributed by atoms with Crippen molar-refractivity contribution in [1.82, 2.24) is 4.57 Å². The van der Waals surface area contributed by atoms with Gasteiger partial charge in [0.05, 0.1) is 16.4 Å². The second-order valence-corrected chi connectivity index (χ2v) is 16.0. The van der Waals surface area contributed by atoms with Crippen molar-refractivity contribution in [2.75, 3.05) is 4.90 Å². The summed E-state index contributed by atoms with van der Waals surface area (Å²) in [5.41, 5.74) is 13.3. The molecule has 0 unspecified atom stereocenters. The molecule has 0 saturated carbocycles. The molecule has 272 valence electrons. The third-order valence-electron chi connectivity index (χ3n) is 11.6. The van der Waals surface area contributed by atoms with E-state index in [9.17, 15) is 0 Å². The van der Waals surface area contributed by atoms with Crippen LogP contribution in [0.25, 0.3) is 91.9 Å². The Morgan fingerprint density at radius 3 is 1.71 bits per heavy atom. The molecule has 0 aliphatic rings. The molecule has 4 heteroatoms. The normalized spacial score (nSPS) is 11.8. The second-order valence-electron chi connectivity index (χ2n) is 14.9. The number of hydrogen-bond acceptors (Lipinski definition) is 3. The zero-order chi connectivity index (χ0) is 38.2. The van der Waals surface area contributed by atoms with Crippen molar-refractivity contribution >= 4 is 92.3 Å². The first kappa shape index (κ1) is 32.8. The predicted octanol–water partition coefficient (Wildman–Crippen LogP) is 15.9. The Balaban J connectivity index is 0.965. The minimum Gasteiger partial charge on any atom is -0.455 e. The molecule has 0 N–H and O–H groups in total. The lowest BCUT2D eigenvalue weighted by molar-refractivity contribution is 0.673. The first-order valence-corrected chi connectivity index (χ1v) is 20.5. The van der Waals surface area contributed by atoms with E-state index in [2.05, 4.69) is 210 Å². The lowest BCUT2D eigenvalue weighted by Crippen LogP contribution is -2.10. The topological polar surface area (TPSA) is 21.3 Å². The van der Waals surface area contributed by atoms with Gasteiger partial charge in [-0.25, -0.2) is 0 Å². The van der Waals surface area contributed by atoms with Crippen LogP contribution in [0.4, 0.5) is 17.1 Å². The van der Waals surface area contributed by atoms with Gasteiger partial charge in [-0.3, -0.25) is 0 Å². The zero-order valence-corrected chi connectivity index (χ0v) is 32.2. The molecule has 0 spiro atoms. The van der Waals surface area contributed by atoms with Crippen molar-refractivity contribution in [2.45, 2.75) is 0 Å². The summed E-state index contributed by atoms with van der Waals surface area (Å²) in [7, 11) is 0. The van der Waals surface area contributed by atoms with E-state index < -0.39 is 0 Å². The number of fused-ring (bicyclic) bond motifs is 10. The quantitative estimate of drug-likeness (QED) is 0.168. The molecule has 9 aromatic carbocycles. The Morgan fingerprint density at radius 2 is 0.948 bits per heavy atom. The van der Waals surface area contributed by atoms with Gasteiger partial charge in [0.15, 0.2) is 0 Å². The Bertz CT molecular complexity index is 3480. The first-order valence-electron chi connectivity index (χ1n) is 19.7. The van der Waals surface area contributed by atoms with Crippen LogP contribution in [0, 0.1) is 0 Å². The van der Waals surface area contributed by atoms with Crippen LogP contribution < -0.4 is 4.90 Å². The van der Waals surface area contributed by atoms with Crippen LogP contribution in [0.15, 0.2) is 211 Å². The van der Waals surface area contributed by atoms with Gasteiger partial charge in [0, 0.05) is 59.1 Å². The number of thiophene rings is 1. The molecule has 0 fully saturated rings. The summed E-state index contributed by atoms with van der Waals surface area (Å²) in [6, 6.07) is 74.4. The summed E-state index contributed by atoms with van der Waals surface area (Å²) < 4.78 is 11.6. The number of hydrogen-bond donors (Lipinski definition) is 0. The van der Waals surface area contributed by atoms with Crippen molar-refractivity contribution in [3.63, 3.8) is 0 Å². The Hall–Kier alpha value is -7.40. The van der Waals surface area contributed by atoms with E-state index in [-0.39, 0.29) is 0 Å². The molecule has 12 rings (SSSR count). The third-order valence-corrected chi connectivity index (χ3v) is 12.8. The fourth-order valence-electron chi connectivity index (χ4n) is 8.85. The van der Waals surface area contributed by atoms with Gasteiger partial charge in [-0.05, 0) is 113 Å². The maximum absolute atomic E-state index is 6.56. The fourth-order valence-corrected chi connectivity index (χ4v) is 9.94. The van der Waals surface area contributed by atoms with E-state index in [1.54, 1.807) is 0 Å². The molecule has 0 amide bonds. The molecule has 0 atom stereocenters. The molecule has 58 heavy (non-hydrogen) atoms. The molecule has 0 radical (unpaired) electrons.